The lowest BCUT2D eigenvalue weighted by Gasteiger charge is -2.05. The van der Waals surface area contributed by atoms with Crippen LogP contribution in [-0.2, 0) is 6.54 Å². The molecule has 0 aliphatic heterocycles. The van der Waals surface area contributed by atoms with Crippen molar-refractivity contribution >= 4 is 28.6 Å². The third-order valence-corrected chi connectivity index (χ3v) is 3.18. The van der Waals surface area contributed by atoms with Gasteiger partial charge in [0, 0.05) is 11.1 Å². The lowest BCUT2D eigenvalue weighted by molar-refractivity contribution is -0.384. The molecule has 1 amide bonds. The number of thiazole rings is 1. The van der Waals surface area contributed by atoms with Gasteiger partial charge in [-0.05, 0) is 12.1 Å². The largest absolute Gasteiger partial charge is 0.393 e. The number of carbonyl (C=O) groups is 1. The maximum absolute atomic E-state index is 11.9. The summed E-state index contributed by atoms with van der Waals surface area (Å²) in [5.74, 6) is -0.535. The summed E-state index contributed by atoms with van der Waals surface area (Å²) < 4.78 is 0. The molecular formula is C11H10N4O3S. The van der Waals surface area contributed by atoms with Crippen LogP contribution in [0.5, 0.6) is 0 Å². The molecule has 0 aliphatic carbocycles. The molecule has 1 aromatic heterocycles. The van der Waals surface area contributed by atoms with Gasteiger partial charge in [-0.1, -0.05) is 6.07 Å². The normalized spacial score (nSPS) is 10.1. The Morgan fingerprint density at radius 3 is 2.95 bits per heavy atom. The molecule has 0 fully saturated rings. The number of hydrogen-bond donors (Lipinski definition) is 2. The minimum absolute atomic E-state index is 0.0320. The number of rotatable bonds is 4. The average Bonchev–Trinajstić information content (AvgIpc) is 2.88. The highest BCUT2D eigenvalue weighted by Crippen LogP contribution is 2.25. The molecule has 19 heavy (non-hydrogen) atoms. The molecule has 0 radical (unpaired) electrons. The molecule has 7 nitrogen and oxygen atoms in total. The van der Waals surface area contributed by atoms with Crippen LogP contribution in [0.25, 0.3) is 0 Å². The number of para-hydroxylation sites is 1. The van der Waals surface area contributed by atoms with E-state index in [4.69, 9.17) is 5.73 Å². The van der Waals surface area contributed by atoms with Crippen LogP contribution in [0.15, 0.2) is 29.9 Å². The Bertz CT molecular complexity index is 612. The molecule has 0 spiro atoms. The van der Waals surface area contributed by atoms with Crippen molar-refractivity contribution in [3.63, 3.8) is 0 Å². The molecule has 0 saturated heterocycles. The van der Waals surface area contributed by atoms with E-state index < -0.39 is 10.8 Å². The summed E-state index contributed by atoms with van der Waals surface area (Å²) in [6.07, 6.45) is 1.62. The van der Waals surface area contributed by atoms with E-state index in [2.05, 4.69) is 10.3 Å². The summed E-state index contributed by atoms with van der Waals surface area (Å²) in [5.41, 5.74) is 6.71. The van der Waals surface area contributed by atoms with Crippen molar-refractivity contribution < 1.29 is 9.72 Å². The first-order valence-electron chi connectivity index (χ1n) is 5.28. The lowest BCUT2D eigenvalue weighted by atomic mass is 10.1. The van der Waals surface area contributed by atoms with Gasteiger partial charge in [0.1, 0.15) is 11.3 Å². The Morgan fingerprint density at radius 1 is 1.53 bits per heavy atom. The molecule has 0 saturated carbocycles. The number of nitrogens with two attached hydrogens (primary N) is 1. The van der Waals surface area contributed by atoms with Gasteiger partial charge in [0.2, 0.25) is 0 Å². The smallest absolute Gasteiger partial charge is 0.304 e. The van der Waals surface area contributed by atoms with Crippen LogP contribution in [0.4, 0.5) is 11.4 Å². The van der Waals surface area contributed by atoms with Gasteiger partial charge in [-0.3, -0.25) is 19.9 Å². The molecule has 1 aromatic carbocycles. The summed E-state index contributed by atoms with van der Waals surface area (Å²) in [6.45, 7) is 0.273. The summed E-state index contributed by atoms with van der Waals surface area (Å²) in [4.78, 5) is 26.9. The van der Waals surface area contributed by atoms with Crippen molar-refractivity contribution in [3.8, 4) is 0 Å². The van der Waals surface area contributed by atoms with Crippen LogP contribution in [0.2, 0.25) is 0 Å². The Labute approximate surface area is 112 Å². The van der Waals surface area contributed by atoms with Crippen LogP contribution in [0.1, 0.15) is 15.2 Å². The second-order valence-electron chi connectivity index (χ2n) is 3.65. The fourth-order valence-corrected chi connectivity index (χ4v) is 2.07. The van der Waals surface area contributed by atoms with E-state index in [1.165, 1.54) is 29.5 Å². The summed E-state index contributed by atoms with van der Waals surface area (Å²) in [5, 5.41) is 13.5. The van der Waals surface area contributed by atoms with Crippen LogP contribution in [0.3, 0.4) is 0 Å². The molecule has 0 unspecified atom stereocenters. The molecule has 1 heterocycles. The number of nitrogen functional groups attached to an aromatic ring is 1. The molecule has 2 rings (SSSR count). The number of nitrogens with zero attached hydrogens (tertiary/aromatic N) is 2. The maximum atomic E-state index is 11.9. The van der Waals surface area contributed by atoms with Gasteiger partial charge in [0.05, 0.1) is 17.0 Å². The van der Waals surface area contributed by atoms with Crippen molar-refractivity contribution in [2.24, 2.45) is 0 Å². The number of amides is 1. The van der Waals surface area contributed by atoms with Gasteiger partial charge < -0.3 is 11.1 Å². The minimum atomic E-state index is -0.656. The highest BCUT2D eigenvalue weighted by Gasteiger charge is 2.22. The fourth-order valence-electron chi connectivity index (χ4n) is 1.54. The van der Waals surface area contributed by atoms with Crippen molar-refractivity contribution in [3.05, 3.63) is 50.5 Å². The Kier molecular flexibility index (Phi) is 3.71. The summed E-state index contributed by atoms with van der Waals surface area (Å²) in [7, 11) is 0. The Morgan fingerprint density at radius 2 is 2.32 bits per heavy atom. The first-order valence-corrected chi connectivity index (χ1v) is 6.16. The minimum Gasteiger partial charge on any atom is -0.393 e. The number of hydrogen-bond acceptors (Lipinski definition) is 6. The highest BCUT2D eigenvalue weighted by molar-refractivity contribution is 7.09. The molecule has 3 N–H and O–H groups in total. The zero-order chi connectivity index (χ0) is 13.8. The van der Waals surface area contributed by atoms with E-state index >= 15 is 0 Å². The van der Waals surface area contributed by atoms with Crippen molar-refractivity contribution in [2.75, 3.05) is 5.73 Å². The standard InChI is InChI=1S/C11H10N4O3S/c12-9-3-1-2-8(10(9)15(17)18)11(16)14-5-7-4-13-6-19-7/h1-4,6H,5,12H2,(H,14,16). The summed E-state index contributed by atoms with van der Waals surface area (Å²) >= 11 is 1.39. The van der Waals surface area contributed by atoms with E-state index in [0.29, 0.717) is 0 Å². The zero-order valence-corrected chi connectivity index (χ0v) is 10.5. The quantitative estimate of drug-likeness (QED) is 0.501. The third kappa shape index (κ3) is 2.86. The number of carbonyl (C=O) groups excluding carboxylic acids is 1. The van der Waals surface area contributed by atoms with E-state index in [1.54, 1.807) is 11.7 Å². The van der Waals surface area contributed by atoms with E-state index in [0.717, 1.165) is 4.88 Å². The van der Waals surface area contributed by atoms with Crippen molar-refractivity contribution in [1.29, 1.82) is 0 Å². The van der Waals surface area contributed by atoms with Gasteiger partial charge in [0.15, 0.2) is 0 Å². The van der Waals surface area contributed by atoms with Gasteiger partial charge in [0.25, 0.3) is 5.91 Å². The second kappa shape index (κ2) is 5.44. The first kappa shape index (κ1) is 13.0. The number of nitro groups is 1. The topological polar surface area (TPSA) is 111 Å². The highest BCUT2D eigenvalue weighted by atomic mass is 32.1. The monoisotopic (exact) mass is 278 g/mol. The van der Waals surface area contributed by atoms with Crippen LogP contribution in [0, 0.1) is 10.1 Å². The predicted octanol–water partition coefficient (Wildman–Crippen LogP) is 1.56. The van der Waals surface area contributed by atoms with E-state index in [1.807, 2.05) is 0 Å². The van der Waals surface area contributed by atoms with Crippen molar-refractivity contribution in [1.82, 2.24) is 10.3 Å². The average molecular weight is 278 g/mol. The van der Waals surface area contributed by atoms with Crippen molar-refractivity contribution in [2.45, 2.75) is 6.54 Å². The third-order valence-electron chi connectivity index (χ3n) is 2.40. The van der Waals surface area contributed by atoms with Gasteiger partial charge in [-0.2, -0.15) is 0 Å². The molecule has 0 aliphatic rings. The van der Waals surface area contributed by atoms with Gasteiger partial charge >= 0.3 is 5.69 Å². The second-order valence-corrected chi connectivity index (χ2v) is 4.62. The maximum Gasteiger partial charge on any atom is 0.304 e. The number of nitrogens with one attached hydrogen (secondary N) is 1. The number of anilines is 1. The van der Waals surface area contributed by atoms with E-state index in [-0.39, 0.29) is 23.5 Å². The van der Waals surface area contributed by atoms with E-state index in [9.17, 15) is 14.9 Å². The molecule has 98 valence electrons. The molecular weight excluding hydrogens is 268 g/mol. The first-order chi connectivity index (χ1) is 9.09. The SMILES string of the molecule is Nc1cccc(C(=O)NCc2cncs2)c1[N+](=O)[O-]. The summed E-state index contributed by atoms with van der Waals surface area (Å²) in [6, 6.07) is 4.26. The lowest BCUT2D eigenvalue weighted by Crippen LogP contribution is -2.23. The Balaban J connectivity index is 2.19. The molecule has 2 aromatic rings. The predicted molar refractivity (Wildman–Crippen MR) is 70.8 cm³/mol. The Hall–Kier alpha value is -2.48. The van der Waals surface area contributed by atoms with Crippen LogP contribution >= 0.6 is 11.3 Å². The number of nitro benzene ring substituents is 1. The van der Waals surface area contributed by atoms with Crippen LogP contribution in [-0.4, -0.2) is 15.8 Å². The molecule has 0 atom stereocenters. The molecule has 8 heteroatoms. The van der Waals surface area contributed by atoms with Gasteiger partial charge in [-0.15, -0.1) is 11.3 Å². The molecule has 0 bridgehead atoms. The number of aromatic nitrogens is 1. The fraction of sp³-hybridized carbons (Fsp3) is 0.0909. The number of benzene rings is 1. The van der Waals surface area contributed by atoms with Crippen LogP contribution < -0.4 is 11.1 Å². The van der Waals surface area contributed by atoms with Gasteiger partial charge in [-0.25, -0.2) is 0 Å². The zero-order valence-electron chi connectivity index (χ0n) is 9.70.